The third-order valence-electron chi connectivity index (χ3n) is 3.23. The molecule has 0 spiro atoms. The lowest BCUT2D eigenvalue weighted by Crippen LogP contribution is -3.00. The summed E-state index contributed by atoms with van der Waals surface area (Å²) >= 11 is 0. The van der Waals surface area contributed by atoms with Gasteiger partial charge in [-0.3, -0.25) is 0 Å². The summed E-state index contributed by atoms with van der Waals surface area (Å²) in [5.74, 6) is 1.00. The van der Waals surface area contributed by atoms with Gasteiger partial charge in [0.15, 0.2) is 0 Å². The van der Waals surface area contributed by atoms with Gasteiger partial charge in [0.05, 0.1) is 21.1 Å². The molecular formula is C18H24INO. The zero-order valence-electron chi connectivity index (χ0n) is 13.1. The second-order valence-corrected chi connectivity index (χ2v) is 6.13. The van der Waals surface area contributed by atoms with Crippen LogP contribution in [-0.4, -0.2) is 38.8 Å². The van der Waals surface area contributed by atoms with Crippen LogP contribution in [0.5, 0.6) is 5.75 Å². The zero-order valence-corrected chi connectivity index (χ0v) is 15.2. The molecule has 0 heterocycles. The summed E-state index contributed by atoms with van der Waals surface area (Å²) in [6.45, 7) is 1.75. The third kappa shape index (κ3) is 6.48. The molecular weight excluding hydrogens is 373 g/mol. The number of rotatable bonds is 6. The van der Waals surface area contributed by atoms with E-state index in [-0.39, 0.29) is 24.0 Å². The molecule has 0 aliphatic carbocycles. The largest absolute Gasteiger partial charge is 1.00 e. The number of quaternary nitrogens is 1. The Morgan fingerprint density at radius 3 is 2.14 bits per heavy atom. The van der Waals surface area contributed by atoms with Crippen molar-refractivity contribution in [3.63, 3.8) is 0 Å². The molecule has 2 rings (SSSR count). The molecule has 0 saturated carbocycles. The summed E-state index contributed by atoms with van der Waals surface area (Å²) in [7, 11) is 6.54. The molecule has 0 unspecified atom stereocenters. The molecule has 0 atom stereocenters. The Kier molecular flexibility index (Phi) is 7.18. The van der Waals surface area contributed by atoms with Gasteiger partial charge in [-0.1, -0.05) is 48.5 Å². The first-order valence-electron chi connectivity index (χ1n) is 7.10. The van der Waals surface area contributed by atoms with Crippen LogP contribution in [0.3, 0.4) is 0 Å². The smallest absolute Gasteiger partial charge is 0.137 e. The molecule has 0 aromatic heterocycles. The minimum atomic E-state index is 0. The van der Waals surface area contributed by atoms with Crippen LogP contribution in [0, 0.1) is 0 Å². The average molecular weight is 397 g/mol. The zero-order chi connectivity index (χ0) is 14.4. The molecule has 114 valence electrons. The van der Waals surface area contributed by atoms with Crippen LogP contribution < -0.4 is 28.7 Å². The standard InChI is InChI=1S/C18H24NO.HI/c1-19(2,3)13-14-20-18-12-8-7-11-17(18)15-16-9-5-4-6-10-16;/h4-12H,13-15H2,1-3H3;1H/q+1;/p-1. The predicted molar refractivity (Wildman–Crippen MR) is 84.1 cm³/mol. The van der Waals surface area contributed by atoms with Crippen LogP contribution in [-0.2, 0) is 6.42 Å². The summed E-state index contributed by atoms with van der Waals surface area (Å²) in [5.41, 5.74) is 2.57. The number of likely N-dealkylation sites (N-methyl/N-ethyl adjacent to an activating group) is 1. The number of hydrogen-bond donors (Lipinski definition) is 0. The highest BCUT2D eigenvalue weighted by Gasteiger charge is 2.08. The SMILES string of the molecule is C[N+](C)(C)CCOc1ccccc1Cc1ccccc1.[I-]. The van der Waals surface area contributed by atoms with Crippen molar-refractivity contribution in [3.05, 3.63) is 65.7 Å². The number of ether oxygens (including phenoxy) is 1. The Morgan fingerprint density at radius 1 is 0.857 bits per heavy atom. The van der Waals surface area contributed by atoms with E-state index in [1.807, 2.05) is 12.1 Å². The molecule has 0 aliphatic rings. The lowest BCUT2D eigenvalue weighted by molar-refractivity contribution is -0.870. The van der Waals surface area contributed by atoms with E-state index in [1.54, 1.807) is 0 Å². The summed E-state index contributed by atoms with van der Waals surface area (Å²) in [5, 5.41) is 0. The van der Waals surface area contributed by atoms with E-state index in [4.69, 9.17) is 4.74 Å². The summed E-state index contributed by atoms with van der Waals surface area (Å²) in [6.07, 6.45) is 0.918. The topological polar surface area (TPSA) is 9.23 Å². The third-order valence-corrected chi connectivity index (χ3v) is 3.23. The van der Waals surface area contributed by atoms with Crippen molar-refractivity contribution in [1.29, 1.82) is 0 Å². The van der Waals surface area contributed by atoms with Gasteiger partial charge in [-0.2, -0.15) is 0 Å². The molecule has 0 saturated heterocycles. The first-order valence-corrected chi connectivity index (χ1v) is 7.10. The Bertz CT molecular complexity index is 534. The van der Waals surface area contributed by atoms with E-state index in [1.165, 1.54) is 11.1 Å². The van der Waals surface area contributed by atoms with Crippen LogP contribution in [0.25, 0.3) is 0 Å². The lowest BCUT2D eigenvalue weighted by Gasteiger charge is -2.24. The van der Waals surface area contributed by atoms with Gasteiger partial charge in [-0.15, -0.1) is 0 Å². The lowest BCUT2D eigenvalue weighted by atomic mass is 10.0. The highest BCUT2D eigenvalue weighted by atomic mass is 127. The first kappa shape index (κ1) is 18.0. The fourth-order valence-corrected chi connectivity index (χ4v) is 2.04. The maximum absolute atomic E-state index is 5.97. The number of halogens is 1. The van der Waals surface area contributed by atoms with E-state index >= 15 is 0 Å². The molecule has 21 heavy (non-hydrogen) atoms. The second kappa shape index (κ2) is 8.39. The molecule has 0 bridgehead atoms. The van der Waals surface area contributed by atoms with Crippen molar-refractivity contribution in [2.75, 3.05) is 34.3 Å². The average Bonchev–Trinajstić information content (AvgIpc) is 2.40. The molecule has 2 nitrogen and oxygen atoms in total. The maximum atomic E-state index is 5.97. The van der Waals surface area contributed by atoms with Crippen LogP contribution in [0.1, 0.15) is 11.1 Å². The highest BCUT2D eigenvalue weighted by molar-refractivity contribution is 5.37. The number of benzene rings is 2. The minimum absolute atomic E-state index is 0. The van der Waals surface area contributed by atoms with Gasteiger partial charge in [0.1, 0.15) is 18.9 Å². The van der Waals surface area contributed by atoms with Crippen LogP contribution in [0.15, 0.2) is 54.6 Å². The predicted octanol–water partition coefficient (Wildman–Crippen LogP) is 0.366. The van der Waals surface area contributed by atoms with Crippen molar-refractivity contribution in [3.8, 4) is 5.75 Å². The van der Waals surface area contributed by atoms with Gasteiger partial charge >= 0.3 is 0 Å². The minimum Gasteiger partial charge on any atom is -1.00 e. The van der Waals surface area contributed by atoms with Gasteiger partial charge in [0.25, 0.3) is 0 Å². The molecule has 0 amide bonds. The fourth-order valence-electron chi connectivity index (χ4n) is 2.04. The Hall–Kier alpha value is -1.07. The van der Waals surface area contributed by atoms with Crippen molar-refractivity contribution < 1.29 is 33.2 Å². The summed E-state index contributed by atoms with van der Waals surface area (Å²) in [6, 6.07) is 18.8. The number of para-hydroxylation sites is 1. The fraction of sp³-hybridized carbons (Fsp3) is 0.333. The van der Waals surface area contributed by atoms with Crippen molar-refractivity contribution >= 4 is 0 Å². The Balaban J connectivity index is 0.00000220. The number of hydrogen-bond acceptors (Lipinski definition) is 1. The van der Waals surface area contributed by atoms with Gasteiger partial charge < -0.3 is 33.2 Å². The normalized spacial score (nSPS) is 10.8. The van der Waals surface area contributed by atoms with Crippen LogP contribution in [0.4, 0.5) is 0 Å². The van der Waals surface area contributed by atoms with Crippen LogP contribution in [0.2, 0.25) is 0 Å². The number of nitrogens with zero attached hydrogens (tertiary/aromatic N) is 1. The molecule has 3 heteroatoms. The van der Waals surface area contributed by atoms with Gasteiger partial charge in [0, 0.05) is 6.42 Å². The Labute approximate surface area is 145 Å². The van der Waals surface area contributed by atoms with Crippen molar-refractivity contribution in [1.82, 2.24) is 0 Å². The molecule has 2 aromatic rings. The highest BCUT2D eigenvalue weighted by Crippen LogP contribution is 2.21. The molecule has 2 aromatic carbocycles. The van der Waals surface area contributed by atoms with Gasteiger partial charge in [-0.05, 0) is 17.2 Å². The summed E-state index contributed by atoms with van der Waals surface area (Å²) in [4.78, 5) is 0. The quantitative estimate of drug-likeness (QED) is 0.506. The second-order valence-electron chi connectivity index (χ2n) is 6.13. The maximum Gasteiger partial charge on any atom is 0.137 e. The summed E-state index contributed by atoms with van der Waals surface area (Å²) < 4.78 is 6.89. The van der Waals surface area contributed by atoms with E-state index < -0.39 is 0 Å². The van der Waals surface area contributed by atoms with Gasteiger partial charge in [0.2, 0.25) is 0 Å². The van der Waals surface area contributed by atoms with E-state index in [0.29, 0.717) is 0 Å². The monoisotopic (exact) mass is 397 g/mol. The molecule has 0 aliphatic heterocycles. The molecule has 0 fully saturated rings. The van der Waals surface area contributed by atoms with Gasteiger partial charge in [-0.25, -0.2) is 0 Å². The molecule has 0 N–H and O–H groups in total. The molecule has 0 radical (unpaired) electrons. The van der Waals surface area contributed by atoms with E-state index in [0.717, 1.165) is 29.8 Å². The van der Waals surface area contributed by atoms with Crippen LogP contribution >= 0.6 is 0 Å². The van der Waals surface area contributed by atoms with Crippen molar-refractivity contribution in [2.24, 2.45) is 0 Å². The van der Waals surface area contributed by atoms with E-state index in [2.05, 4.69) is 63.6 Å². The first-order chi connectivity index (χ1) is 9.54. The Morgan fingerprint density at radius 2 is 1.48 bits per heavy atom. The van der Waals surface area contributed by atoms with E-state index in [9.17, 15) is 0 Å². The van der Waals surface area contributed by atoms with Crippen molar-refractivity contribution in [2.45, 2.75) is 6.42 Å².